The van der Waals surface area contributed by atoms with E-state index in [1.165, 1.54) is 5.69 Å². The minimum absolute atomic E-state index is 0.136. The Morgan fingerprint density at radius 1 is 1.38 bits per heavy atom. The van der Waals surface area contributed by atoms with Gasteiger partial charge in [0.15, 0.2) is 0 Å². The topological polar surface area (TPSA) is 40.5 Å². The van der Waals surface area contributed by atoms with Gasteiger partial charge >= 0.3 is 5.97 Å². The molecular weight excluding hydrogens is 202 g/mol. The van der Waals surface area contributed by atoms with Crippen LogP contribution in [0.15, 0.2) is 30.3 Å². The monoisotopic (exact) mass is 219 g/mol. The lowest BCUT2D eigenvalue weighted by atomic mass is 9.79. The van der Waals surface area contributed by atoms with Crippen molar-refractivity contribution in [1.82, 2.24) is 0 Å². The van der Waals surface area contributed by atoms with Gasteiger partial charge in [0.1, 0.15) is 0 Å². The van der Waals surface area contributed by atoms with Crippen molar-refractivity contribution in [2.45, 2.75) is 25.8 Å². The van der Waals surface area contributed by atoms with Gasteiger partial charge in [0.2, 0.25) is 0 Å². The van der Waals surface area contributed by atoms with E-state index in [9.17, 15) is 4.79 Å². The average Bonchev–Trinajstić information content (AvgIpc) is 2.23. The number of hydrogen-bond donors (Lipinski definition) is 1. The quantitative estimate of drug-likeness (QED) is 0.845. The molecular formula is C13H17NO2. The molecule has 3 heteroatoms. The van der Waals surface area contributed by atoms with Crippen LogP contribution in [0, 0.1) is 5.92 Å². The first-order valence-corrected chi connectivity index (χ1v) is 5.77. The smallest absolute Gasteiger partial charge is 0.306 e. The highest BCUT2D eigenvalue weighted by Crippen LogP contribution is 2.34. The third-order valence-corrected chi connectivity index (χ3v) is 3.33. The summed E-state index contributed by atoms with van der Waals surface area (Å²) in [6, 6.07) is 10.6. The van der Waals surface area contributed by atoms with Crippen LogP contribution in [0.4, 0.5) is 5.69 Å². The van der Waals surface area contributed by atoms with Crippen LogP contribution in [0.5, 0.6) is 0 Å². The fourth-order valence-corrected chi connectivity index (χ4v) is 2.31. The third kappa shape index (κ3) is 2.03. The van der Waals surface area contributed by atoms with Crippen molar-refractivity contribution < 1.29 is 9.90 Å². The molecule has 0 bridgehead atoms. The van der Waals surface area contributed by atoms with Crippen LogP contribution in [0.3, 0.4) is 0 Å². The lowest BCUT2D eigenvalue weighted by Gasteiger charge is -2.42. The van der Waals surface area contributed by atoms with E-state index in [-0.39, 0.29) is 5.92 Å². The zero-order chi connectivity index (χ0) is 11.5. The standard InChI is InChI=1S/C13H17NO2/c1-2-14(11-6-4-3-5-7-11)12-8-10(9-12)13(15)16/h3-7,10,12H,2,8-9H2,1H3,(H,15,16). The van der Waals surface area contributed by atoms with Gasteiger partial charge in [-0.1, -0.05) is 18.2 Å². The van der Waals surface area contributed by atoms with E-state index >= 15 is 0 Å². The van der Waals surface area contributed by atoms with Crippen LogP contribution in [0.1, 0.15) is 19.8 Å². The molecule has 0 saturated heterocycles. The van der Waals surface area contributed by atoms with E-state index < -0.39 is 5.97 Å². The first-order valence-electron chi connectivity index (χ1n) is 5.77. The van der Waals surface area contributed by atoms with Gasteiger partial charge in [-0.05, 0) is 31.9 Å². The van der Waals surface area contributed by atoms with E-state index in [0.29, 0.717) is 6.04 Å². The summed E-state index contributed by atoms with van der Waals surface area (Å²) in [5.74, 6) is -0.789. The molecule has 1 fully saturated rings. The molecule has 3 nitrogen and oxygen atoms in total. The Morgan fingerprint density at radius 3 is 2.50 bits per heavy atom. The number of anilines is 1. The fourth-order valence-electron chi connectivity index (χ4n) is 2.31. The van der Waals surface area contributed by atoms with Crippen molar-refractivity contribution in [3.63, 3.8) is 0 Å². The molecule has 0 unspecified atom stereocenters. The van der Waals surface area contributed by atoms with Gasteiger partial charge in [-0.2, -0.15) is 0 Å². The van der Waals surface area contributed by atoms with Crippen LogP contribution in [-0.4, -0.2) is 23.7 Å². The predicted octanol–water partition coefficient (Wildman–Crippen LogP) is 2.38. The van der Waals surface area contributed by atoms with Crippen molar-refractivity contribution in [1.29, 1.82) is 0 Å². The molecule has 0 radical (unpaired) electrons. The molecule has 1 N–H and O–H groups in total. The number of carboxylic acid groups (broad SMARTS) is 1. The molecule has 1 aromatic carbocycles. The van der Waals surface area contributed by atoms with Gasteiger partial charge < -0.3 is 10.0 Å². The molecule has 1 aliphatic rings. The van der Waals surface area contributed by atoms with Crippen LogP contribution in [-0.2, 0) is 4.79 Å². The van der Waals surface area contributed by atoms with Crippen molar-refractivity contribution in [3.05, 3.63) is 30.3 Å². The summed E-state index contributed by atoms with van der Waals surface area (Å²) in [5.41, 5.74) is 1.19. The van der Waals surface area contributed by atoms with E-state index in [1.807, 2.05) is 18.2 Å². The van der Waals surface area contributed by atoms with E-state index in [0.717, 1.165) is 19.4 Å². The highest BCUT2D eigenvalue weighted by molar-refractivity contribution is 5.71. The molecule has 0 aromatic heterocycles. The van der Waals surface area contributed by atoms with Crippen LogP contribution >= 0.6 is 0 Å². The van der Waals surface area contributed by atoms with Gasteiger partial charge in [0.05, 0.1) is 5.92 Å². The predicted molar refractivity (Wildman–Crippen MR) is 63.6 cm³/mol. The van der Waals surface area contributed by atoms with E-state index in [1.54, 1.807) is 0 Å². The fraction of sp³-hybridized carbons (Fsp3) is 0.462. The minimum Gasteiger partial charge on any atom is -0.481 e. The zero-order valence-corrected chi connectivity index (χ0v) is 9.47. The number of para-hydroxylation sites is 1. The van der Waals surface area contributed by atoms with Gasteiger partial charge in [0.25, 0.3) is 0 Å². The van der Waals surface area contributed by atoms with Gasteiger partial charge in [-0.15, -0.1) is 0 Å². The molecule has 16 heavy (non-hydrogen) atoms. The second-order valence-electron chi connectivity index (χ2n) is 4.28. The largest absolute Gasteiger partial charge is 0.481 e. The highest BCUT2D eigenvalue weighted by Gasteiger charge is 2.37. The number of hydrogen-bond acceptors (Lipinski definition) is 2. The molecule has 0 atom stereocenters. The summed E-state index contributed by atoms with van der Waals surface area (Å²) < 4.78 is 0. The number of rotatable bonds is 4. The summed E-state index contributed by atoms with van der Waals surface area (Å²) in [6.45, 7) is 3.04. The van der Waals surface area contributed by atoms with Gasteiger partial charge in [0, 0.05) is 18.3 Å². The molecule has 1 aliphatic carbocycles. The molecule has 0 spiro atoms. The van der Waals surface area contributed by atoms with E-state index in [4.69, 9.17) is 5.11 Å². The van der Waals surface area contributed by atoms with E-state index in [2.05, 4.69) is 24.0 Å². The summed E-state index contributed by atoms with van der Waals surface area (Å²) >= 11 is 0. The molecule has 2 rings (SSSR count). The number of nitrogens with zero attached hydrogens (tertiary/aromatic N) is 1. The Morgan fingerprint density at radius 2 is 2.00 bits per heavy atom. The third-order valence-electron chi connectivity index (χ3n) is 3.33. The molecule has 1 saturated carbocycles. The lowest BCUT2D eigenvalue weighted by Crippen LogP contribution is -2.47. The second-order valence-corrected chi connectivity index (χ2v) is 4.28. The first kappa shape index (κ1) is 11.0. The minimum atomic E-state index is -0.652. The Labute approximate surface area is 95.7 Å². The van der Waals surface area contributed by atoms with Crippen LogP contribution in [0.2, 0.25) is 0 Å². The van der Waals surface area contributed by atoms with Crippen LogP contribution < -0.4 is 4.90 Å². The highest BCUT2D eigenvalue weighted by atomic mass is 16.4. The van der Waals surface area contributed by atoms with Crippen molar-refractivity contribution in [2.75, 3.05) is 11.4 Å². The Bertz CT molecular complexity index is 357. The Hall–Kier alpha value is -1.51. The number of carboxylic acids is 1. The molecule has 0 amide bonds. The number of carbonyl (C=O) groups is 1. The summed E-state index contributed by atoms with van der Waals surface area (Å²) in [6.07, 6.45) is 1.55. The normalized spacial score (nSPS) is 23.6. The molecule has 86 valence electrons. The average molecular weight is 219 g/mol. The van der Waals surface area contributed by atoms with Gasteiger partial charge in [-0.25, -0.2) is 0 Å². The number of aliphatic carboxylic acids is 1. The molecule has 0 aliphatic heterocycles. The SMILES string of the molecule is CCN(c1ccccc1)C1CC(C(=O)O)C1. The van der Waals surface area contributed by atoms with Gasteiger partial charge in [-0.3, -0.25) is 4.79 Å². The summed E-state index contributed by atoms with van der Waals surface area (Å²) in [4.78, 5) is 13.0. The maximum Gasteiger partial charge on any atom is 0.306 e. The zero-order valence-electron chi connectivity index (χ0n) is 9.47. The molecule has 1 aromatic rings. The van der Waals surface area contributed by atoms with Crippen molar-refractivity contribution in [3.8, 4) is 0 Å². The number of benzene rings is 1. The summed E-state index contributed by atoms with van der Waals surface area (Å²) in [7, 11) is 0. The first-order chi connectivity index (χ1) is 7.72. The van der Waals surface area contributed by atoms with Crippen LogP contribution in [0.25, 0.3) is 0 Å². The maximum absolute atomic E-state index is 10.8. The molecule has 0 heterocycles. The van der Waals surface area contributed by atoms with Crippen molar-refractivity contribution in [2.24, 2.45) is 5.92 Å². The Kier molecular flexibility index (Phi) is 3.13. The summed E-state index contributed by atoms with van der Waals surface area (Å²) in [5, 5.41) is 8.86. The Balaban J connectivity index is 2.01. The van der Waals surface area contributed by atoms with Crippen molar-refractivity contribution >= 4 is 11.7 Å². The maximum atomic E-state index is 10.8. The lowest BCUT2D eigenvalue weighted by molar-refractivity contribution is -0.145. The second kappa shape index (κ2) is 4.56.